The summed E-state index contributed by atoms with van der Waals surface area (Å²) in [7, 11) is 4.54. The van der Waals surface area contributed by atoms with Gasteiger partial charge in [0.2, 0.25) is 11.7 Å². The first kappa shape index (κ1) is 25.4. The first-order valence-corrected chi connectivity index (χ1v) is 11.5. The fourth-order valence-corrected chi connectivity index (χ4v) is 4.14. The van der Waals surface area contributed by atoms with E-state index in [1.54, 1.807) is 41.8 Å². The Kier molecular flexibility index (Phi) is 7.71. The molecule has 1 heterocycles. The largest absolute Gasteiger partial charge is 0.493 e. The van der Waals surface area contributed by atoms with Gasteiger partial charge in [-0.05, 0) is 52.0 Å². The molecule has 0 aliphatic rings. The summed E-state index contributed by atoms with van der Waals surface area (Å²) in [6.07, 6.45) is 0. The van der Waals surface area contributed by atoms with Crippen LogP contribution in [0.3, 0.4) is 0 Å². The molecule has 1 unspecified atom stereocenters. The van der Waals surface area contributed by atoms with Crippen LogP contribution in [-0.4, -0.2) is 52.8 Å². The third-order valence-corrected chi connectivity index (χ3v) is 5.84. The van der Waals surface area contributed by atoms with Gasteiger partial charge in [0.15, 0.2) is 22.5 Å². The number of nitrogens with one attached hydrogen (secondary N) is 1. The van der Waals surface area contributed by atoms with Crippen molar-refractivity contribution in [3.05, 3.63) is 42.2 Å². The van der Waals surface area contributed by atoms with E-state index < -0.39 is 11.1 Å². The summed E-state index contributed by atoms with van der Waals surface area (Å²) in [5.41, 5.74) is 0.443. The molecule has 0 aliphatic heterocycles. The molecule has 1 atom stereocenters. The van der Waals surface area contributed by atoms with E-state index in [4.69, 9.17) is 14.2 Å². The lowest BCUT2D eigenvalue weighted by molar-refractivity contribution is -0.121. The van der Waals surface area contributed by atoms with Crippen molar-refractivity contribution in [1.29, 1.82) is 0 Å². The molecule has 3 aromatic rings. The minimum absolute atomic E-state index is 0.157. The summed E-state index contributed by atoms with van der Waals surface area (Å²) >= 11 is 1.19. The van der Waals surface area contributed by atoms with Crippen LogP contribution in [-0.2, 0) is 4.79 Å². The first-order chi connectivity index (χ1) is 16.1. The summed E-state index contributed by atoms with van der Waals surface area (Å²) in [5.74, 6) is 1.02. The Morgan fingerprint density at radius 1 is 1.06 bits per heavy atom. The van der Waals surface area contributed by atoms with Gasteiger partial charge in [-0.3, -0.25) is 9.36 Å². The van der Waals surface area contributed by atoms with Crippen LogP contribution in [0.25, 0.3) is 17.1 Å². The zero-order valence-electron chi connectivity index (χ0n) is 20.3. The highest BCUT2D eigenvalue weighted by molar-refractivity contribution is 8.00. The van der Waals surface area contributed by atoms with Gasteiger partial charge < -0.3 is 19.5 Å². The van der Waals surface area contributed by atoms with E-state index in [9.17, 15) is 9.18 Å². The second kappa shape index (κ2) is 10.3. The highest BCUT2D eigenvalue weighted by atomic mass is 32.2. The zero-order valence-corrected chi connectivity index (χ0v) is 21.1. The molecule has 2 aromatic carbocycles. The number of amides is 1. The second-order valence-electron chi connectivity index (χ2n) is 8.51. The number of rotatable bonds is 8. The highest BCUT2D eigenvalue weighted by Gasteiger charge is 2.26. The van der Waals surface area contributed by atoms with Crippen molar-refractivity contribution in [1.82, 2.24) is 20.1 Å². The number of carbonyl (C=O) groups is 1. The number of benzene rings is 2. The van der Waals surface area contributed by atoms with Gasteiger partial charge in [-0.25, -0.2) is 4.39 Å². The van der Waals surface area contributed by atoms with Crippen LogP contribution >= 0.6 is 11.8 Å². The topological polar surface area (TPSA) is 87.5 Å². The lowest BCUT2D eigenvalue weighted by Gasteiger charge is -2.23. The van der Waals surface area contributed by atoms with Crippen LogP contribution in [0.5, 0.6) is 17.2 Å². The van der Waals surface area contributed by atoms with Crippen molar-refractivity contribution in [3.8, 4) is 34.3 Å². The van der Waals surface area contributed by atoms with E-state index in [-0.39, 0.29) is 17.1 Å². The molecule has 34 heavy (non-hydrogen) atoms. The third kappa shape index (κ3) is 5.44. The van der Waals surface area contributed by atoms with E-state index in [1.165, 1.54) is 39.2 Å². The monoisotopic (exact) mass is 488 g/mol. The number of hydrogen-bond acceptors (Lipinski definition) is 7. The number of hydrogen-bond donors (Lipinski definition) is 1. The molecular weight excluding hydrogens is 459 g/mol. The molecule has 8 nitrogen and oxygen atoms in total. The Morgan fingerprint density at radius 3 is 2.21 bits per heavy atom. The van der Waals surface area contributed by atoms with Gasteiger partial charge in [0.1, 0.15) is 5.82 Å². The fourth-order valence-electron chi connectivity index (χ4n) is 3.28. The summed E-state index contributed by atoms with van der Waals surface area (Å²) in [6, 6.07) is 9.75. The van der Waals surface area contributed by atoms with Crippen LogP contribution in [0.15, 0.2) is 41.6 Å². The van der Waals surface area contributed by atoms with E-state index >= 15 is 0 Å². The Hall–Kier alpha value is -3.27. The van der Waals surface area contributed by atoms with Crippen molar-refractivity contribution in [2.24, 2.45) is 0 Å². The normalized spacial score (nSPS) is 12.2. The molecule has 0 saturated heterocycles. The average Bonchev–Trinajstić information content (AvgIpc) is 3.20. The van der Waals surface area contributed by atoms with Crippen LogP contribution < -0.4 is 19.5 Å². The number of nitrogens with zero attached hydrogens (tertiary/aromatic N) is 3. The second-order valence-corrected chi connectivity index (χ2v) is 9.81. The van der Waals surface area contributed by atoms with E-state index in [0.717, 1.165) is 0 Å². The molecule has 1 N–H and O–H groups in total. The molecule has 3 rings (SSSR count). The number of methoxy groups -OCH3 is 3. The molecule has 0 aliphatic carbocycles. The standard InChI is InChI=1S/C24H29FN4O4S/c1-14(22(30)26-24(2,3)4)34-23-28-27-21(29(23)17-11-9-8-10-16(17)25)15-12-18(31-5)20(33-7)19(13-15)32-6/h8-14H,1-7H3,(H,26,30). The van der Waals surface area contributed by atoms with Gasteiger partial charge in [0.05, 0.1) is 32.3 Å². The van der Waals surface area contributed by atoms with Gasteiger partial charge in [0.25, 0.3) is 0 Å². The summed E-state index contributed by atoms with van der Waals surface area (Å²) in [4.78, 5) is 12.7. The van der Waals surface area contributed by atoms with Crippen LogP contribution in [0, 0.1) is 5.82 Å². The molecule has 10 heteroatoms. The third-order valence-electron chi connectivity index (χ3n) is 4.80. The zero-order chi connectivity index (χ0) is 25.0. The SMILES string of the molecule is COc1cc(-c2nnc(SC(C)C(=O)NC(C)(C)C)n2-c2ccccc2F)cc(OC)c1OC. The highest BCUT2D eigenvalue weighted by Crippen LogP contribution is 2.42. The number of para-hydroxylation sites is 1. The van der Waals surface area contributed by atoms with Crippen LogP contribution in [0.4, 0.5) is 4.39 Å². The van der Waals surface area contributed by atoms with E-state index in [1.807, 2.05) is 20.8 Å². The number of carbonyl (C=O) groups excluding carboxylic acids is 1. The quantitative estimate of drug-likeness (QED) is 0.467. The maximum absolute atomic E-state index is 14.9. The molecule has 1 aromatic heterocycles. The van der Waals surface area contributed by atoms with Gasteiger partial charge in [0, 0.05) is 11.1 Å². The maximum Gasteiger partial charge on any atom is 0.233 e. The minimum atomic E-state index is -0.498. The molecule has 0 radical (unpaired) electrons. The van der Waals surface area contributed by atoms with Crippen LogP contribution in [0.2, 0.25) is 0 Å². The Bertz CT molecular complexity index is 1150. The average molecular weight is 489 g/mol. The fraction of sp³-hybridized carbons (Fsp3) is 0.375. The Balaban J connectivity index is 2.14. The minimum Gasteiger partial charge on any atom is -0.493 e. The van der Waals surface area contributed by atoms with Crippen molar-refractivity contribution >= 4 is 17.7 Å². The smallest absolute Gasteiger partial charge is 0.233 e. The summed E-state index contributed by atoms with van der Waals surface area (Å²) < 4.78 is 32.8. The summed E-state index contributed by atoms with van der Waals surface area (Å²) in [5, 5.41) is 11.5. The lowest BCUT2D eigenvalue weighted by Crippen LogP contribution is -2.44. The van der Waals surface area contributed by atoms with Gasteiger partial charge >= 0.3 is 0 Å². The van der Waals surface area contributed by atoms with Gasteiger partial charge in [-0.15, -0.1) is 10.2 Å². The number of aromatic nitrogens is 3. The molecule has 182 valence electrons. The van der Waals surface area contributed by atoms with Crippen LogP contribution in [0.1, 0.15) is 27.7 Å². The Labute approximate surface area is 202 Å². The van der Waals surface area contributed by atoms with Gasteiger partial charge in [-0.1, -0.05) is 23.9 Å². The predicted molar refractivity (Wildman–Crippen MR) is 130 cm³/mol. The first-order valence-electron chi connectivity index (χ1n) is 10.6. The Morgan fingerprint density at radius 2 is 1.68 bits per heavy atom. The number of ether oxygens (including phenoxy) is 3. The van der Waals surface area contributed by atoms with Gasteiger partial charge in [-0.2, -0.15) is 0 Å². The molecular formula is C24H29FN4O4S. The lowest BCUT2D eigenvalue weighted by atomic mass is 10.1. The molecule has 0 spiro atoms. The van der Waals surface area contributed by atoms with Crippen molar-refractivity contribution in [2.75, 3.05) is 21.3 Å². The summed E-state index contributed by atoms with van der Waals surface area (Å²) in [6.45, 7) is 7.50. The predicted octanol–water partition coefficient (Wildman–Crippen LogP) is 4.49. The van der Waals surface area contributed by atoms with E-state index in [2.05, 4.69) is 15.5 Å². The molecule has 1 amide bonds. The van der Waals surface area contributed by atoms with Crippen molar-refractivity contribution in [3.63, 3.8) is 0 Å². The number of halogens is 1. The molecule has 0 saturated carbocycles. The van der Waals surface area contributed by atoms with Crippen molar-refractivity contribution < 1.29 is 23.4 Å². The maximum atomic E-state index is 14.9. The van der Waals surface area contributed by atoms with E-state index in [0.29, 0.717) is 33.8 Å². The van der Waals surface area contributed by atoms with Crippen molar-refractivity contribution in [2.45, 2.75) is 43.6 Å². The number of thioether (sulfide) groups is 1. The molecule has 0 bridgehead atoms. The molecule has 0 fully saturated rings.